The maximum Gasteiger partial charge on any atom is 0.273 e. The van der Waals surface area contributed by atoms with Crippen molar-refractivity contribution in [1.29, 1.82) is 0 Å². The largest absolute Gasteiger partial charge is 0.340 e. The van der Waals surface area contributed by atoms with Gasteiger partial charge < -0.3 is 14.4 Å². The second-order valence-electron chi connectivity index (χ2n) is 8.64. The van der Waals surface area contributed by atoms with E-state index in [-0.39, 0.29) is 11.8 Å². The minimum absolute atomic E-state index is 0.0753. The Labute approximate surface area is 172 Å². The van der Waals surface area contributed by atoms with Gasteiger partial charge in [0.05, 0.1) is 0 Å². The van der Waals surface area contributed by atoms with Gasteiger partial charge in [-0.2, -0.15) is 0 Å². The highest BCUT2D eigenvalue weighted by molar-refractivity contribution is 7.14. The highest BCUT2D eigenvalue weighted by Gasteiger charge is 2.34. The molecular weight excluding hydrogens is 368 g/mol. The van der Waals surface area contributed by atoms with Crippen LogP contribution in [0.5, 0.6) is 0 Å². The highest BCUT2D eigenvalue weighted by Crippen LogP contribution is 2.33. The van der Waals surface area contributed by atoms with Crippen molar-refractivity contribution in [3.8, 4) is 5.13 Å². The van der Waals surface area contributed by atoms with Crippen LogP contribution in [-0.2, 0) is 0 Å². The zero-order chi connectivity index (χ0) is 19.7. The van der Waals surface area contributed by atoms with Gasteiger partial charge in [-0.15, -0.1) is 11.3 Å². The summed E-state index contributed by atoms with van der Waals surface area (Å²) in [7, 11) is 1.96. The van der Waals surface area contributed by atoms with E-state index < -0.39 is 0 Å². The number of hydrogen-bond acceptors (Lipinski definition) is 4. The van der Waals surface area contributed by atoms with Gasteiger partial charge in [-0.25, -0.2) is 4.98 Å². The molecule has 28 heavy (non-hydrogen) atoms. The number of thiazole rings is 1. The van der Waals surface area contributed by atoms with E-state index in [2.05, 4.69) is 18.7 Å². The van der Waals surface area contributed by atoms with Crippen LogP contribution in [0, 0.1) is 5.92 Å². The van der Waals surface area contributed by atoms with Crippen LogP contribution in [0.25, 0.3) is 5.13 Å². The molecule has 152 valence electrons. The molecule has 0 aromatic carbocycles. The lowest BCUT2D eigenvalue weighted by Gasteiger charge is -2.45. The van der Waals surface area contributed by atoms with E-state index in [1.165, 1.54) is 45.2 Å². The average molecular weight is 401 g/mol. The minimum Gasteiger partial charge on any atom is -0.340 e. The molecule has 0 spiro atoms. The predicted molar refractivity (Wildman–Crippen MR) is 114 cm³/mol. The molecule has 6 heteroatoms. The van der Waals surface area contributed by atoms with Gasteiger partial charge >= 0.3 is 0 Å². The first-order chi connectivity index (χ1) is 13.5. The quantitative estimate of drug-likeness (QED) is 0.747. The molecule has 2 aliphatic rings. The molecular formula is C22H32N4OS. The molecule has 0 unspecified atom stereocenters. The Hall–Kier alpha value is -1.66. The number of piperidine rings is 2. The van der Waals surface area contributed by atoms with E-state index in [1.54, 1.807) is 11.3 Å². The maximum absolute atomic E-state index is 13.3. The number of aromatic nitrogens is 2. The molecule has 5 nitrogen and oxygen atoms in total. The lowest BCUT2D eigenvalue weighted by molar-refractivity contribution is 0.0401. The second kappa shape index (κ2) is 8.37. The van der Waals surface area contributed by atoms with Gasteiger partial charge in [-0.1, -0.05) is 20.3 Å². The predicted octanol–water partition coefficient (Wildman–Crippen LogP) is 4.39. The van der Waals surface area contributed by atoms with Crippen molar-refractivity contribution < 1.29 is 4.79 Å². The van der Waals surface area contributed by atoms with Crippen LogP contribution >= 0.6 is 11.3 Å². The normalized spacial score (nSPS) is 23.0. The lowest BCUT2D eigenvalue weighted by Crippen LogP contribution is -2.51. The summed E-state index contributed by atoms with van der Waals surface area (Å²) in [4.78, 5) is 23.8. The third-order valence-electron chi connectivity index (χ3n) is 6.28. The maximum atomic E-state index is 13.3. The smallest absolute Gasteiger partial charge is 0.273 e. The molecule has 0 aliphatic carbocycles. The number of amides is 1. The second-order valence-corrected chi connectivity index (χ2v) is 9.65. The van der Waals surface area contributed by atoms with Crippen molar-refractivity contribution in [1.82, 2.24) is 19.4 Å². The Bertz CT molecular complexity index is 796. The Balaban J connectivity index is 1.52. The van der Waals surface area contributed by atoms with Crippen molar-refractivity contribution in [3.63, 3.8) is 0 Å². The summed E-state index contributed by atoms with van der Waals surface area (Å²) >= 11 is 1.63. The summed E-state index contributed by atoms with van der Waals surface area (Å²) in [6.07, 6.45) is 10.4. The highest BCUT2D eigenvalue weighted by atomic mass is 32.1. The van der Waals surface area contributed by atoms with E-state index in [4.69, 9.17) is 4.98 Å². The zero-order valence-electron chi connectivity index (χ0n) is 17.3. The van der Waals surface area contributed by atoms with Gasteiger partial charge in [0.1, 0.15) is 5.69 Å². The van der Waals surface area contributed by atoms with Crippen molar-refractivity contribution >= 4 is 17.2 Å². The van der Waals surface area contributed by atoms with Crippen LogP contribution in [0.3, 0.4) is 0 Å². The summed E-state index contributed by atoms with van der Waals surface area (Å²) in [6, 6.07) is 4.64. The number of nitrogens with zero attached hydrogens (tertiary/aromatic N) is 4. The molecule has 2 aromatic rings. The first-order valence-electron chi connectivity index (χ1n) is 10.7. The van der Waals surface area contributed by atoms with Crippen LogP contribution in [0.2, 0.25) is 0 Å². The summed E-state index contributed by atoms with van der Waals surface area (Å²) in [5.74, 6) is 0.956. The molecule has 2 saturated heterocycles. The zero-order valence-corrected chi connectivity index (χ0v) is 18.1. The fourth-order valence-electron chi connectivity index (χ4n) is 4.84. The lowest BCUT2D eigenvalue weighted by atomic mass is 9.83. The van der Waals surface area contributed by atoms with E-state index >= 15 is 0 Å². The molecule has 0 radical (unpaired) electrons. The van der Waals surface area contributed by atoms with E-state index in [0.29, 0.717) is 17.7 Å². The van der Waals surface area contributed by atoms with Crippen molar-refractivity contribution in [2.45, 2.75) is 57.9 Å². The monoisotopic (exact) mass is 400 g/mol. The van der Waals surface area contributed by atoms with Crippen molar-refractivity contribution in [2.75, 3.05) is 26.7 Å². The van der Waals surface area contributed by atoms with Crippen molar-refractivity contribution in [3.05, 3.63) is 35.1 Å². The molecule has 0 bridgehead atoms. The molecule has 2 aromatic heterocycles. The van der Waals surface area contributed by atoms with Gasteiger partial charge in [-0.05, 0) is 62.7 Å². The fraction of sp³-hybridized carbons (Fsp3) is 0.636. The summed E-state index contributed by atoms with van der Waals surface area (Å²) in [5.41, 5.74) is 0.641. The Morgan fingerprint density at radius 3 is 2.71 bits per heavy atom. The van der Waals surface area contributed by atoms with Crippen LogP contribution < -0.4 is 0 Å². The van der Waals surface area contributed by atoms with E-state index in [1.807, 2.05) is 41.0 Å². The average Bonchev–Trinajstić information content (AvgIpc) is 3.37. The van der Waals surface area contributed by atoms with Crippen LogP contribution in [0.1, 0.15) is 67.2 Å². The Morgan fingerprint density at radius 2 is 1.96 bits per heavy atom. The summed E-state index contributed by atoms with van der Waals surface area (Å²) in [5, 5.41) is 0.876. The van der Waals surface area contributed by atoms with Gasteiger partial charge in [0.25, 0.3) is 5.91 Å². The summed E-state index contributed by atoms with van der Waals surface area (Å²) in [6.45, 7) is 7.61. The van der Waals surface area contributed by atoms with E-state index in [0.717, 1.165) is 16.6 Å². The molecule has 4 rings (SSSR count). The van der Waals surface area contributed by atoms with Crippen LogP contribution in [-0.4, -0.2) is 58.0 Å². The Morgan fingerprint density at radius 1 is 1.21 bits per heavy atom. The van der Waals surface area contributed by atoms with Crippen LogP contribution in [0.4, 0.5) is 0 Å². The van der Waals surface area contributed by atoms with Crippen molar-refractivity contribution in [2.24, 2.45) is 5.92 Å². The number of rotatable bonds is 5. The van der Waals surface area contributed by atoms with Gasteiger partial charge in [-0.3, -0.25) is 4.79 Å². The number of fused-ring (bicyclic) bond motifs is 1. The fourth-order valence-corrected chi connectivity index (χ4v) is 5.87. The van der Waals surface area contributed by atoms with Gasteiger partial charge in [0.2, 0.25) is 0 Å². The molecule has 0 saturated carbocycles. The minimum atomic E-state index is 0.0753. The SMILES string of the molecule is CC(C)c1sc(-n2cccc2)nc1C(=O)N(C)C[C@@H]1CCCN2CCCC[C@H]12. The third kappa shape index (κ3) is 3.90. The molecule has 2 aliphatic heterocycles. The third-order valence-corrected chi connectivity index (χ3v) is 7.65. The standard InChI is InChI=1S/C22H32N4OS/c1-16(2)20-19(23-22(28-20)26-12-6-7-13-26)21(27)24(3)15-17-9-8-14-25-11-5-4-10-18(17)25/h6-7,12-13,16-18H,4-5,8-11,14-15H2,1-3H3/t17-,18+/m0/s1. The molecule has 2 fully saturated rings. The first kappa shape index (κ1) is 19.6. The molecule has 1 amide bonds. The molecule has 2 atom stereocenters. The molecule has 4 heterocycles. The van der Waals surface area contributed by atoms with Crippen LogP contribution in [0.15, 0.2) is 24.5 Å². The van der Waals surface area contributed by atoms with Gasteiger partial charge in [0.15, 0.2) is 5.13 Å². The number of carbonyl (C=O) groups excluding carboxylic acids is 1. The van der Waals surface area contributed by atoms with Gasteiger partial charge in [0, 0.05) is 36.9 Å². The Kier molecular flexibility index (Phi) is 5.88. The number of carbonyl (C=O) groups is 1. The first-order valence-corrected chi connectivity index (χ1v) is 11.5. The molecule has 0 N–H and O–H groups in total. The summed E-state index contributed by atoms with van der Waals surface area (Å²) < 4.78 is 1.99. The topological polar surface area (TPSA) is 41.4 Å². The number of hydrogen-bond donors (Lipinski definition) is 0. The van der Waals surface area contributed by atoms with E-state index in [9.17, 15) is 4.79 Å².